The van der Waals surface area contributed by atoms with Gasteiger partial charge >= 0.3 is 0 Å². The third-order valence-electron chi connectivity index (χ3n) is 2.12. The molecule has 0 spiro atoms. The fourth-order valence-corrected chi connectivity index (χ4v) is 1.47. The van der Waals surface area contributed by atoms with Crippen LogP contribution in [0, 0.1) is 0 Å². The van der Waals surface area contributed by atoms with Crippen molar-refractivity contribution in [3.05, 3.63) is 0 Å². The van der Waals surface area contributed by atoms with Crippen molar-refractivity contribution >= 4 is 0 Å². The normalized spacial score (nSPS) is 25.4. The van der Waals surface area contributed by atoms with E-state index in [0.717, 1.165) is 26.0 Å². The molecule has 0 aromatic carbocycles. The van der Waals surface area contributed by atoms with E-state index in [9.17, 15) is 0 Å². The SMILES string of the molecule is NNCCCC1CCCCO1. The molecule has 1 aliphatic heterocycles. The van der Waals surface area contributed by atoms with Gasteiger partial charge in [0.25, 0.3) is 0 Å². The highest BCUT2D eigenvalue weighted by Crippen LogP contribution is 2.16. The number of nitrogens with one attached hydrogen (secondary N) is 1. The average molecular weight is 158 g/mol. The van der Waals surface area contributed by atoms with Crippen LogP contribution < -0.4 is 11.3 Å². The van der Waals surface area contributed by atoms with Crippen molar-refractivity contribution in [2.24, 2.45) is 5.84 Å². The van der Waals surface area contributed by atoms with Crippen molar-refractivity contribution in [1.29, 1.82) is 0 Å². The molecule has 0 aromatic rings. The number of ether oxygens (including phenoxy) is 1. The number of nitrogens with two attached hydrogens (primary N) is 1. The lowest BCUT2D eigenvalue weighted by molar-refractivity contribution is 0.0102. The minimum atomic E-state index is 0.511. The maximum Gasteiger partial charge on any atom is 0.0575 e. The van der Waals surface area contributed by atoms with Gasteiger partial charge < -0.3 is 4.74 Å². The largest absolute Gasteiger partial charge is 0.378 e. The Labute approximate surface area is 68.3 Å². The molecule has 11 heavy (non-hydrogen) atoms. The molecule has 66 valence electrons. The second kappa shape index (κ2) is 5.52. The highest BCUT2D eigenvalue weighted by Gasteiger charge is 2.12. The van der Waals surface area contributed by atoms with Crippen LogP contribution in [0.25, 0.3) is 0 Å². The van der Waals surface area contributed by atoms with Crippen molar-refractivity contribution in [2.75, 3.05) is 13.2 Å². The number of hydrazine groups is 1. The zero-order valence-electron chi connectivity index (χ0n) is 7.01. The molecule has 0 aliphatic carbocycles. The Balaban J connectivity index is 1.96. The monoisotopic (exact) mass is 158 g/mol. The third-order valence-corrected chi connectivity index (χ3v) is 2.12. The Morgan fingerprint density at radius 2 is 2.36 bits per heavy atom. The van der Waals surface area contributed by atoms with Crippen molar-refractivity contribution < 1.29 is 4.74 Å². The molecule has 1 saturated heterocycles. The fraction of sp³-hybridized carbons (Fsp3) is 1.00. The van der Waals surface area contributed by atoms with Crippen molar-refractivity contribution in [1.82, 2.24) is 5.43 Å². The number of rotatable bonds is 4. The second-order valence-corrected chi connectivity index (χ2v) is 3.08. The molecular formula is C8H18N2O. The standard InChI is InChI=1S/C8H18N2O/c9-10-6-3-5-8-4-1-2-7-11-8/h8,10H,1-7,9H2. The first-order chi connectivity index (χ1) is 5.43. The van der Waals surface area contributed by atoms with E-state index in [1.807, 2.05) is 0 Å². The molecule has 1 unspecified atom stereocenters. The van der Waals surface area contributed by atoms with Crippen LogP contribution in [0.1, 0.15) is 32.1 Å². The first kappa shape index (κ1) is 8.97. The van der Waals surface area contributed by atoms with E-state index in [1.54, 1.807) is 0 Å². The molecule has 0 amide bonds. The Hall–Kier alpha value is -0.120. The molecule has 0 bridgehead atoms. The number of hydrogen-bond acceptors (Lipinski definition) is 3. The van der Waals surface area contributed by atoms with Crippen LogP contribution in [0.4, 0.5) is 0 Å². The van der Waals surface area contributed by atoms with Crippen LogP contribution in [0.3, 0.4) is 0 Å². The lowest BCUT2D eigenvalue weighted by Crippen LogP contribution is -2.25. The van der Waals surface area contributed by atoms with Crippen molar-refractivity contribution in [2.45, 2.75) is 38.2 Å². The van der Waals surface area contributed by atoms with E-state index >= 15 is 0 Å². The summed E-state index contributed by atoms with van der Waals surface area (Å²) in [6.45, 7) is 1.86. The van der Waals surface area contributed by atoms with Crippen LogP contribution in [0.5, 0.6) is 0 Å². The second-order valence-electron chi connectivity index (χ2n) is 3.08. The summed E-state index contributed by atoms with van der Waals surface area (Å²) in [4.78, 5) is 0. The van der Waals surface area contributed by atoms with Gasteiger partial charge in [-0.15, -0.1) is 0 Å². The van der Waals surface area contributed by atoms with Crippen LogP contribution in [-0.4, -0.2) is 19.3 Å². The van der Waals surface area contributed by atoms with Gasteiger partial charge in [0.1, 0.15) is 0 Å². The molecule has 3 heteroatoms. The third kappa shape index (κ3) is 3.70. The molecule has 1 fully saturated rings. The van der Waals surface area contributed by atoms with E-state index in [4.69, 9.17) is 10.6 Å². The number of hydrogen-bond donors (Lipinski definition) is 2. The Bertz CT molecular complexity index is 92.1. The predicted octanol–water partition coefficient (Wildman–Crippen LogP) is 0.799. The fourth-order valence-electron chi connectivity index (χ4n) is 1.47. The van der Waals surface area contributed by atoms with Crippen LogP contribution in [0.2, 0.25) is 0 Å². The van der Waals surface area contributed by atoms with E-state index in [0.29, 0.717) is 6.10 Å². The Morgan fingerprint density at radius 1 is 1.45 bits per heavy atom. The smallest absolute Gasteiger partial charge is 0.0575 e. The highest BCUT2D eigenvalue weighted by atomic mass is 16.5. The summed E-state index contributed by atoms with van der Waals surface area (Å²) >= 11 is 0. The first-order valence-corrected chi connectivity index (χ1v) is 4.48. The highest BCUT2D eigenvalue weighted by molar-refractivity contribution is 4.63. The molecule has 0 aromatic heterocycles. The molecule has 1 atom stereocenters. The predicted molar refractivity (Wildman–Crippen MR) is 45.0 cm³/mol. The van der Waals surface area contributed by atoms with Gasteiger partial charge in [-0.3, -0.25) is 11.3 Å². The molecule has 1 aliphatic rings. The summed E-state index contributed by atoms with van der Waals surface area (Å²) in [5, 5.41) is 0. The van der Waals surface area contributed by atoms with Gasteiger partial charge in [-0.25, -0.2) is 0 Å². The zero-order valence-corrected chi connectivity index (χ0v) is 7.01. The molecule has 1 rings (SSSR count). The summed E-state index contributed by atoms with van der Waals surface area (Å²) in [5.41, 5.74) is 2.65. The lowest BCUT2D eigenvalue weighted by atomic mass is 10.1. The first-order valence-electron chi connectivity index (χ1n) is 4.48. The average Bonchev–Trinajstić information content (AvgIpc) is 2.07. The van der Waals surface area contributed by atoms with Crippen LogP contribution in [-0.2, 0) is 4.74 Å². The summed E-state index contributed by atoms with van der Waals surface area (Å²) in [6.07, 6.45) is 6.61. The van der Waals surface area contributed by atoms with Gasteiger partial charge in [0.05, 0.1) is 6.10 Å². The summed E-state index contributed by atoms with van der Waals surface area (Å²) in [7, 11) is 0. The van der Waals surface area contributed by atoms with Gasteiger partial charge in [-0.2, -0.15) is 0 Å². The molecule has 0 radical (unpaired) electrons. The van der Waals surface area contributed by atoms with Gasteiger partial charge in [0.15, 0.2) is 0 Å². The minimum absolute atomic E-state index is 0.511. The molecule has 3 N–H and O–H groups in total. The van der Waals surface area contributed by atoms with Gasteiger partial charge in [-0.05, 0) is 32.1 Å². The van der Waals surface area contributed by atoms with E-state index in [2.05, 4.69) is 5.43 Å². The Morgan fingerprint density at radius 3 is 3.00 bits per heavy atom. The summed E-state index contributed by atoms with van der Waals surface area (Å²) in [5.74, 6) is 5.15. The minimum Gasteiger partial charge on any atom is -0.378 e. The van der Waals surface area contributed by atoms with E-state index in [1.165, 1.54) is 19.3 Å². The maximum atomic E-state index is 5.56. The van der Waals surface area contributed by atoms with E-state index < -0.39 is 0 Å². The van der Waals surface area contributed by atoms with Gasteiger partial charge in [0.2, 0.25) is 0 Å². The topological polar surface area (TPSA) is 47.3 Å². The molecular weight excluding hydrogens is 140 g/mol. The van der Waals surface area contributed by atoms with Gasteiger partial charge in [-0.1, -0.05) is 0 Å². The molecule has 0 saturated carbocycles. The summed E-state index contributed by atoms with van der Waals surface area (Å²) in [6, 6.07) is 0. The zero-order chi connectivity index (χ0) is 7.94. The van der Waals surface area contributed by atoms with Crippen molar-refractivity contribution in [3.8, 4) is 0 Å². The molecule has 3 nitrogen and oxygen atoms in total. The van der Waals surface area contributed by atoms with E-state index in [-0.39, 0.29) is 0 Å². The molecule has 1 heterocycles. The Kier molecular flexibility index (Phi) is 4.50. The van der Waals surface area contributed by atoms with Crippen molar-refractivity contribution in [3.63, 3.8) is 0 Å². The van der Waals surface area contributed by atoms with Crippen LogP contribution >= 0.6 is 0 Å². The maximum absolute atomic E-state index is 5.56. The van der Waals surface area contributed by atoms with Crippen LogP contribution in [0.15, 0.2) is 0 Å². The summed E-state index contributed by atoms with van der Waals surface area (Å²) < 4.78 is 5.56. The van der Waals surface area contributed by atoms with Gasteiger partial charge in [0, 0.05) is 13.2 Å². The quantitative estimate of drug-likeness (QED) is 0.361. The lowest BCUT2D eigenvalue weighted by Gasteiger charge is -2.22.